The molecule has 0 bridgehead atoms. The second-order valence-electron chi connectivity index (χ2n) is 4.57. The molecule has 0 spiro atoms. The third-order valence-electron chi connectivity index (χ3n) is 3.19. The summed E-state index contributed by atoms with van der Waals surface area (Å²) in [6.45, 7) is 0. The molecule has 0 unspecified atom stereocenters. The van der Waals surface area contributed by atoms with Crippen molar-refractivity contribution in [2.45, 2.75) is 0 Å². The van der Waals surface area contributed by atoms with E-state index in [0.717, 1.165) is 0 Å². The van der Waals surface area contributed by atoms with E-state index in [2.05, 4.69) is 20.6 Å². The summed E-state index contributed by atoms with van der Waals surface area (Å²) in [6.07, 6.45) is 1.47. The fourth-order valence-corrected chi connectivity index (χ4v) is 2.09. The van der Waals surface area contributed by atoms with Crippen LogP contribution in [-0.2, 0) is 4.74 Å². The number of rotatable bonds is 4. The summed E-state index contributed by atoms with van der Waals surface area (Å²) in [7, 11) is 1.24. The lowest BCUT2D eigenvalue weighted by Gasteiger charge is -2.09. The van der Waals surface area contributed by atoms with Crippen LogP contribution in [0.1, 0.15) is 16.1 Å². The van der Waals surface area contributed by atoms with Crippen LogP contribution >= 0.6 is 0 Å². The number of H-pyrrole nitrogens is 1. The predicted octanol–water partition coefficient (Wildman–Crippen LogP) is 1.02. The highest BCUT2D eigenvalue weighted by molar-refractivity contribution is 5.95. The fourth-order valence-electron chi connectivity index (χ4n) is 2.09. The van der Waals surface area contributed by atoms with Crippen LogP contribution in [0.5, 0.6) is 11.8 Å². The summed E-state index contributed by atoms with van der Waals surface area (Å²) < 4.78 is 11.6. The van der Waals surface area contributed by atoms with E-state index in [1.54, 1.807) is 24.3 Å². The Morgan fingerprint density at radius 1 is 1.38 bits per heavy atom. The van der Waals surface area contributed by atoms with E-state index in [-0.39, 0.29) is 23.0 Å². The van der Waals surface area contributed by atoms with Crippen LogP contribution in [0.2, 0.25) is 0 Å². The molecule has 10 nitrogen and oxygen atoms in total. The van der Waals surface area contributed by atoms with Gasteiger partial charge in [0, 0.05) is 11.9 Å². The summed E-state index contributed by atoms with van der Waals surface area (Å²) in [6, 6.07) is 8.68. The quantitative estimate of drug-likeness (QED) is 0.676. The first-order valence-corrected chi connectivity index (χ1v) is 6.65. The Bertz CT molecular complexity index is 907. The molecule has 0 aliphatic carbocycles. The molecule has 1 aromatic carbocycles. The van der Waals surface area contributed by atoms with Crippen LogP contribution in [0.3, 0.4) is 0 Å². The Labute approximate surface area is 135 Å². The van der Waals surface area contributed by atoms with Gasteiger partial charge in [-0.05, 0) is 29.5 Å². The number of aromatic amines is 1. The van der Waals surface area contributed by atoms with Gasteiger partial charge in [-0.2, -0.15) is 10.5 Å². The topological polar surface area (TPSA) is 145 Å². The maximum atomic E-state index is 12.0. The van der Waals surface area contributed by atoms with Crippen LogP contribution in [0, 0.1) is 11.3 Å². The zero-order chi connectivity index (χ0) is 17.1. The van der Waals surface area contributed by atoms with Gasteiger partial charge in [0.25, 0.3) is 0 Å². The summed E-state index contributed by atoms with van der Waals surface area (Å²) in [4.78, 5) is 12.0. The van der Waals surface area contributed by atoms with Gasteiger partial charge in [-0.15, -0.1) is 0 Å². The van der Waals surface area contributed by atoms with Gasteiger partial charge in [-0.3, -0.25) is 0 Å². The molecule has 0 aliphatic rings. The lowest BCUT2D eigenvalue weighted by molar-refractivity contribution is 0.0593. The lowest BCUT2D eigenvalue weighted by Crippen LogP contribution is -2.11. The highest BCUT2D eigenvalue weighted by Gasteiger charge is 2.21. The van der Waals surface area contributed by atoms with Crippen LogP contribution in [0.25, 0.3) is 5.69 Å². The molecule has 10 heteroatoms. The molecule has 0 saturated heterocycles. The molecule has 0 atom stereocenters. The van der Waals surface area contributed by atoms with Gasteiger partial charge in [0.1, 0.15) is 11.8 Å². The van der Waals surface area contributed by atoms with Gasteiger partial charge in [0.15, 0.2) is 5.69 Å². The zero-order valence-corrected chi connectivity index (χ0v) is 12.4. The van der Waals surface area contributed by atoms with Crippen molar-refractivity contribution < 1.29 is 14.3 Å². The molecule has 120 valence electrons. The average molecular weight is 325 g/mol. The molecular formula is C14H11N7O3. The number of ether oxygens (including phenoxy) is 2. The summed E-state index contributed by atoms with van der Waals surface area (Å²) in [5, 5.41) is 22.1. The largest absolute Gasteiger partial charge is 0.464 e. The monoisotopic (exact) mass is 325 g/mol. The third kappa shape index (κ3) is 2.61. The molecule has 2 aromatic heterocycles. The summed E-state index contributed by atoms with van der Waals surface area (Å²) >= 11 is 0. The molecular weight excluding hydrogens is 314 g/mol. The maximum absolute atomic E-state index is 12.0. The third-order valence-corrected chi connectivity index (χ3v) is 3.19. The van der Waals surface area contributed by atoms with Crippen molar-refractivity contribution in [3.05, 3.63) is 41.7 Å². The Morgan fingerprint density at radius 3 is 2.71 bits per heavy atom. The Hall–Kier alpha value is -3.87. The van der Waals surface area contributed by atoms with Crippen molar-refractivity contribution in [1.82, 2.24) is 25.2 Å². The molecule has 0 fully saturated rings. The van der Waals surface area contributed by atoms with Crippen molar-refractivity contribution >= 4 is 11.7 Å². The van der Waals surface area contributed by atoms with Crippen molar-refractivity contribution in [3.63, 3.8) is 0 Å². The number of aromatic nitrogens is 5. The predicted molar refractivity (Wildman–Crippen MR) is 80.5 cm³/mol. The number of hydrogen-bond donors (Lipinski definition) is 2. The standard InChI is InChI=1S/C14H11N7O3/c1-23-13(22)12-11(16)8(6-15)7-21(12)9-2-4-10(5-3-9)24-14-17-19-20-18-14/h2-5,7H,16H2,1H3,(H,17,18,19,20). The van der Waals surface area contributed by atoms with Crippen LogP contribution in [-0.4, -0.2) is 38.3 Å². The highest BCUT2D eigenvalue weighted by Crippen LogP contribution is 2.26. The number of esters is 1. The number of nitrogens with one attached hydrogen (secondary N) is 1. The smallest absolute Gasteiger partial charge is 0.361 e. The molecule has 3 rings (SSSR count). The summed E-state index contributed by atoms with van der Waals surface area (Å²) in [5.41, 5.74) is 6.79. The molecule has 0 amide bonds. The number of nitrogen functional groups attached to an aromatic ring is 1. The fraction of sp³-hybridized carbons (Fsp3) is 0.0714. The van der Waals surface area contributed by atoms with E-state index in [9.17, 15) is 4.79 Å². The molecule has 0 radical (unpaired) electrons. The van der Waals surface area contributed by atoms with E-state index >= 15 is 0 Å². The number of anilines is 1. The number of hydrogen-bond acceptors (Lipinski definition) is 8. The van der Waals surface area contributed by atoms with Crippen molar-refractivity contribution in [3.8, 4) is 23.5 Å². The maximum Gasteiger partial charge on any atom is 0.361 e. The van der Waals surface area contributed by atoms with Crippen LogP contribution < -0.4 is 10.5 Å². The van der Waals surface area contributed by atoms with E-state index < -0.39 is 5.97 Å². The minimum absolute atomic E-state index is 0.0662. The number of nitriles is 1. The number of nitrogens with zero attached hydrogens (tertiary/aromatic N) is 5. The van der Waals surface area contributed by atoms with Gasteiger partial charge in [0.05, 0.1) is 18.4 Å². The number of nitrogens with two attached hydrogens (primary N) is 1. The second kappa shape index (κ2) is 6.09. The number of carbonyl (C=O) groups excluding carboxylic acids is 1. The number of benzene rings is 1. The van der Waals surface area contributed by atoms with E-state index in [4.69, 9.17) is 20.5 Å². The van der Waals surface area contributed by atoms with Gasteiger partial charge in [-0.25, -0.2) is 4.79 Å². The first-order chi connectivity index (χ1) is 11.6. The molecule has 24 heavy (non-hydrogen) atoms. The van der Waals surface area contributed by atoms with Gasteiger partial charge < -0.3 is 19.8 Å². The van der Waals surface area contributed by atoms with E-state index in [0.29, 0.717) is 11.4 Å². The highest BCUT2D eigenvalue weighted by atomic mass is 16.5. The van der Waals surface area contributed by atoms with Crippen molar-refractivity contribution in [2.24, 2.45) is 0 Å². The number of methoxy groups -OCH3 is 1. The Balaban J connectivity index is 1.97. The zero-order valence-electron chi connectivity index (χ0n) is 12.4. The van der Waals surface area contributed by atoms with Crippen molar-refractivity contribution in [2.75, 3.05) is 12.8 Å². The molecule has 3 aromatic rings. The Morgan fingerprint density at radius 2 is 2.12 bits per heavy atom. The van der Waals surface area contributed by atoms with Crippen LogP contribution in [0.15, 0.2) is 30.5 Å². The van der Waals surface area contributed by atoms with Gasteiger partial charge >= 0.3 is 12.0 Å². The van der Waals surface area contributed by atoms with E-state index in [1.165, 1.54) is 17.9 Å². The SMILES string of the molecule is COC(=O)c1c(N)c(C#N)cn1-c1ccc(Oc2nn[nH]n2)cc1. The Kier molecular flexibility index (Phi) is 3.82. The normalized spacial score (nSPS) is 10.2. The first-order valence-electron chi connectivity index (χ1n) is 6.65. The van der Waals surface area contributed by atoms with Gasteiger partial charge in [0.2, 0.25) is 0 Å². The molecule has 3 N–H and O–H groups in total. The first kappa shape index (κ1) is 15.0. The van der Waals surface area contributed by atoms with Crippen LogP contribution in [0.4, 0.5) is 5.69 Å². The number of carbonyl (C=O) groups is 1. The minimum atomic E-state index is -0.638. The molecule has 0 aliphatic heterocycles. The van der Waals surface area contributed by atoms with Crippen molar-refractivity contribution in [1.29, 1.82) is 5.26 Å². The van der Waals surface area contributed by atoms with E-state index in [1.807, 2.05) is 6.07 Å². The molecule has 0 saturated carbocycles. The average Bonchev–Trinajstić information content (AvgIpc) is 3.22. The number of tetrazole rings is 1. The summed E-state index contributed by atoms with van der Waals surface area (Å²) in [5.74, 6) is -0.165. The molecule has 2 heterocycles. The minimum Gasteiger partial charge on any atom is -0.464 e. The lowest BCUT2D eigenvalue weighted by atomic mass is 10.2. The van der Waals surface area contributed by atoms with Gasteiger partial charge in [-0.1, -0.05) is 10.2 Å². The second-order valence-corrected chi connectivity index (χ2v) is 4.57.